The number of carbonyl (C=O) groups is 2. The molecule has 0 radical (unpaired) electrons. The minimum atomic E-state index is -1.12. The number of amides is 2. The first-order chi connectivity index (χ1) is 17.8. The molecule has 37 heavy (non-hydrogen) atoms. The van der Waals surface area contributed by atoms with Crippen LogP contribution in [0.25, 0.3) is 0 Å². The average Bonchev–Trinajstić information content (AvgIpc) is 3.56. The SMILES string of the molecule is COc1cc(CO)cc2c1OC1C2C(C(=O)NCCO)=CC(N(CCC(C)C)C(=O)C2CCOC2)C1O. The van der Waals surface area contributed by atoms with E-state index in [4.69, 9.17) is 14.2 Å². The van der Waals surface area contributed by atoms with Crippen LogP contribution in [-0.4, -0.2) is 90.3 Å². The summed E-state index contributed by atoms with van der Waals surface area (Å²) in [7, 11) is 1.49. The van der Waals surface area contributed by atoms with Crippen molar-refractivity contribution in [2.24, 2.45) is 11.8 Å². The standard InChI is InChI=1S/C27H38N2O8/c1-15(2)4-7-29(27(34)17-5-9-36-14-17)20-12-19(26(33)28-6-8-30)22-18-10-16(13-31)11-21(35-3)24(18)37-25(22)23(20)32/h10-12,15,17,20,22-23,25,30-32H,4-9,13-14H2,1-3H3,(H,28,33). The molecule has 4 rings (SSSR count). The van der Waals surface area contributed by atoms with Gasteiger partial charge in [-0.3, -0.25) is 9.59 Å². The highest BCUT2D eigenvalue weighted by Crippen LogP contribution is 2.51. The number of carbonyl (C=O) groups excluding carboxylic acids is 2. The summed E-state index contributed by atoms with van der Waals surface area (Å²) in [5.74, 6) is -0.338. The number of nitrogens with zero attached hydrogens (tertiary/aromatic N) is 1. The second-order valence-corrected chi connectivity index (χ2v) is 10.3. The number of aliphatic hydroxyl groups excluding tert-OH is 3. The first-order valence-corrected chi connectivity index (χ1v) is 13.0. The highest BCUT2D eigenvalue weighted by Gasteiger charge is 2.51. The van der Waals surface area contributed by atoms with Crippen LogP contribution >= 0.6 is 0 Å². The summed E-state index contributed by atoms with van der Waals surface area (Å²) < 4.78 is 17.2. The predicted molar refractivity (Wildman–Crippen MR) is 134 cm³/mol. The van der Waals surface area contributed by atoms with Gasteiger partial charge < -0.3 is 39.7 Å². The van der Waals surface area contributed by atoms with E-state index in [1.54, 1.807) is 23.1 Å². The van der Waals surface area contributed by atoms with Crippen molar-refractivity contribution in [2.45, 2.75) is 57.5 Å². The third-order valence-corrected chi connectivity index (χ3v) is 7.36. The Bertz CT molecular complexity index is 1020. The Labute approximate surface area is 217 Å². The Morgan fingerprint density at radius 1 is 1.27 bits per heavy atom. The van der Waals surface area contributed by atoms with Crippen LogP contribution < -0.4 is 14.8 Å². The van der Waals surface area contributed by atoms with Gasteiger partial charge in [-0.05, 0) is 42.5 Å². The van der Waals surface area contributed by atoms with Gasteiger partial charge in [0.1, 0.15) is 12.2 Å². The van der Waals surface area contributed by atoms with Gasteiger partial charge in [-0.15, -0.1) is 0 Å². The number of aliphatic hydroxyl groups is 3. The van der Waals surface area contributed by atoms with Gasteiger partial charge in [-0.25, -0.2) is 0 Å². The van der Waals surface area contributed by atoms with Gasteiger partial charge in [0, 0.05) is 30.8 Å². The molecular formula is C27H38N2O8. The van der Waals surface area contributed by atoms with Crippen LogP contribution in [0.5, 0.6) is 11.5 Å². The quantitative estimate of drug-likeness (QED) is 0.356. The number of nitrogens with one attached hydrogen (secondary N) is 1. The zero-order valence-corrected chi connectivity index (χ0v) is 21.7. The van der Waals surface area contributed by atoms with Crippen LogP contribution in [0.2, 0.25) is 0 Å². The zero-order valence-electron chi connectivity index (χ0n) is 21.7. The lowest BCUT2D eigenvalue weighted by Crippen LogP contribution is -2.57. The number of rotatable bonds is 10. The van der Waals surface area contributed by atoms with Crippen molar-refractivity contribution in [1.82, 2.24) is 10.2 Å². The van der Waals surface area contributed by atoms with Crippen molar-refractivity contribution in [3.63, 3.8) is 0 Å². The van der Waals surface area contributed by atoms with Crippen molar-refractivity contribution >= 4 is 11.8 Å². The summed E-state index contributed by atoms with van der Waals surface area (Å²) in [6.07, 6.45) is 1.04. The number of methoxy groups -OCH3 is 1. The molecule has 0 aromatic heterocycles. The number of hydrogen-bond acceptors (Lipinski definition) is 8. The van der Waals surface area contributed by atoms with Crippen LogP contribution in [0.3, 0.4) is 0 Å². The molecule has 0 bridgehead atoms. The molecule has 2 amide bonds. The average molecular weight is 519 g/mol. The highest BCUT2D eigenvalue weighted by molar-refractivity contribution is 5.96. The maximum atomic E-state index is 13.6. The van der Waals surface area contributed by atoms with Crippen LogP contribution in [0.4, 0.5) is 0 Å². The number of hydrogen-bond donors (Lipinski definition) is 4. The van der Waals surface area contributed by atoms with Crippen LogP contribution in [0.15, 0.2) is 23.8 Å². The van der Waals surface area contributed by atoms with Gasteiger partial charge in [-0.1, -0.05) is 13.8 Å². The minimum Gasteiger partial charge on any atom is -0.493 e. The second-order valence-electron chi connectivity index (χ2n) is 10.3. The summed E-state index contributed by atoms with van der Waals surface area (Å²) >= 11 is 0. The van der Waals surface area contributed by atoms with E-state index < -0.39 is 30.1 Å². The molecule has 10 heteroatoms. The Morgan fingerprint density at radius 3 is 2.68 bits per heavy atom. The first kappa shape index (κ1) is 27.4. The first-order valence-electron chi connectivity index (χ1n) is 13.0. The number of benzene rings is 1. The van der Waals surface area contributed by atoms with Gasteiger partial charge in [0.2, 0.25) is 11.8 Å². The number of ether oxygens (including phenoxy) is 3. The lowest BCUT2D eigenvalue weighted by Gasteiger charge is -2.41. The summed E-state index contributed by atoms with van der Waals surface area (Å²) in [6.45, 7) is 5.01. The molecule has 1 aromatic rings. The van der Waals surface area contributed by atoms with E-state index in [1.807, 2.05) is 0 Å². The molecule has 10 nitrogen and oxygen atoms in total. The van der Waals surface area contributed by atoms with E-state index in [2.05, 4.69) is 19.2 Å². The fraction of sp³-hybridized carbons (Fsp3) is 0.630. The maximum Gasteiger partial charge on any atom is 0.247 e. The molecule has 1 aliphatic carbocycles. The van der Waals surface area contributed by atoms with Crippen LogP contribution in [-0.2, 0) is 20.9 Å². The van der Waals surface area contributed by atoms with Crippen molar-refractivity contribution in [2.75, 3.05) is 40.0 Å². The zero-order chi connectivity index (χ0) is 26.7. The molecule has 0 saturated carbocycles. The van der Waals surface area contributed by atoms with E-state index in [-0.39, 0.29) is 31.6 Å². The topological polar surface area (TPSA) is 138 Å². The third kappa shape index (κ3) is 5.47. The lowest BCUT2D eigenvalue weighted by atomic mass is 9.77. The summed E-state index contributed by atoms with van der Waals surface area (Å²) in [6, 6.07) is 2.62. The molecule has 4 N–H and O–H groups in total. The van der Waals surface area contributed by atoms with E-state index in [0.29, 0.717) is 60.3 Å². The fourth-order valence-electron chi connectivity index (χ4n) is 5.39. The molecule has 0 spiro atoms. The largest absolute Gasteiger partial charge is 0.493 e. The van der Waals surface area contributed by atoms with Crippen molar-refractivity contribution in [3.05, 3.63) is 34.9 Å². The van der Waals surface area contributed by atoms with E-state index in [1.165, 1.54) is 7.11 Å². The second kappa shape index (κ2) is 11.8. The van der Waals surface area contributed by atoms with Gasteiger partial charge in [0.25, 0.3) is 0 Å². The smallest absolute Gasteiger partial charge is 0.247 e. The number of fused-ring (bicyclic) bond motifs is 3. The van der Waals surface area contributed by atoms with Gasteiger partial charge in [0.15, 0.2) is 11.5 Å². The predicted octanol–water partition coefficient (Wildman–Crippen LogP) is 0.721. The minimum absolute atomic E-state index is 0.0594. The molecular weight excluding hydrogens is 480 g/mol. The fourth-order valence-corrected chi connectivity index (χ4v) is 5.39. The summed E-state index contributed by atoms with van der Waals surface area (Å²) in [5.41, 5.74) is 1.55. The Kier molecular flexibility index (Phi) is 8.74. The van der Waals surface area contributed by atoms with Crippen LogP contribution in [0.1, 0.15) is 43.7 Å². The lowest BCUT2D eigenvalue weighted by molar-refractivity contribution is -0.141. The summed E-state index contributed by atoms with van der Waals surface area (Å²) in [5, 5.41) is 33.4. The Balaban J connectivity index is 1.78. The normalized spacial score (nSPS) is 26.2. The Hall–Kier alpha value is -2.66. The van der Waals surface area contributed by atoms with E-state index in [0.717, 1.165) is 6.42 Å². The van der Waals surface area contributed by atoms with Gasteiger partial charge in [-0.2, -0.15) is 0 Å². The molecule has 1 saturated heterocycles. The van der Waals surface area contributed by atoms with Crippen molar-refractivity contribution in [3.8, 4) is 11.5 Å². The highest BCUT2D eigenvalue weighted by atomic mass is 16.5. The van der Waals surface area contributed by atoms with E-state index >= 15 is 0 Å². The van der Waals surface area contributed by atoms with Crippen LogP contribution in [0, 0.1) is 11.8 Å². The van der Waals surface area contributed by atoms with Gasteiger partial charge >= 0.3 is 0 Å². The molecule has 2 heterocycles. The monoisotopic (exact) mass is 518 g/mol. The Morgan fingerprint density at radius 2 is 2.05 bits per heavy atom. The van der Waals surface area contributed by atoms with Crippen molar-refractivity contribution < 1.29 is 39.1 Å². The van der Waals surface area contributed by atoms with Gasteiger partial charge in [0.05, 0.1) is 44.8 Å². The van der Waals surface area contributed by atoms with E-state index in [9.17, 15) is 24.9 Å². The maximum absolute atomic E-state index is 13.6. The molecule has 204 valence electrons. The third-order valence-electron chi connectivity index (χ3n) is 7.36. The molecule has 5 unspecified atom stereocenters. The van der Waals surface area contributed by atoms with Crippen molar-refractivity contribution in [1.29, 1.82) is 0 Å². The summed E-state index contributed by atoms with van der Waals surface area (Å²) in [4.78, 5) is 28.7. The molecule has 2 aliphatic heterocycles. The molecule has 3 aliphatic rings. The molecule has 1 aromatic carbocycles. The molecule has 1 fully saturated rings. The molecule has 5 atom stereocenters.